The van der Waals surface area contributed by atoms with E-state index in [1.807, 2.05) is 0 Å². The average Bonchev–Trinajstić information content (AvgIpc) is 3.27. The number of ether oxygens (including phenoxy) is 1. The van der Waals surface area contributed by atoms with Crippen molar-refractivity contribution in [3.05, 3.63) is 90.0 Å². The second kappa shape index (κ2) is 9.89. The van der Waals surface area contributed by atoms with E-state index in [0.29, 0.717) is 17.8 Å². The maximum absolute atomic E-state index is 11.2. The van der Waals surface area contributed by atoms with Crippen LogP contribution in [0.2, 0.25) is 5.04 Å². The zero-order chi connectivity index (χ0) is 28.2. The van der Waals surface area contributed by atoms with E-state index in [-0.39, 0.29) is 10.5 Å². The Morgan fingerprint density at radius 2 is 1.52 bits per heavy atom. The van der Waals surface area contributed by atoms with Crippen LogP contribution in [0.3, 0.4) is 0 Å². The number of aryl methyl sites for hydroxylation is 1. The number of rotatable bonds is 5. The highest BCUT2D eigenvalue weighted by Gasteiger charge is 2.67. The van der Waals surface area contributed by atoms with Crippen LogP contribution in [0.25, 0.3) is 0 Å². The fourth-order valence-corrected chi connectivity index (χ4v) is 13.8. The highest BCUT2D eigenvalue weighted by Crippen LogP contribution is 2.66. The van der Waals surface area contributed by atoms with E-state index in [2.05, 4.69) is 113 Å². The summed E-state index contributed by atoms with van der Waals surface area (Å²) in [6.45, 7) is 9.37. The van der Waals surface area contributed by atoms with Crippen LogP contribution in [-0.2, 0) is 10.8 Å². The summed E-state index contributed by atoms with van der Waals surface area (Å²) in [7, 11) is -1.12. The van der Waals surface area contributed by atoms with E-state index < -0.39 is 13.9 Å². The molecule has 0 saturated heterocycles. The molecular weight excluding hydrogens is 506 g/mol. The number of fused-ring (bicyclic) bond motifs is 5. The molecule has 6 rings (SSSR count). The lowest BCUT2D eigenvalue weighted by atomic mass is 9.53. The Morgan fingerprint density at radius 3 is 2.10 bits per heavy atom. The minimum absolute atomic E-state index is 0.159. The number of hydrogen-bond acceptors (Lipinski definition) is 3. The molecule has 0 heterocycles. The number of hydrogen-bond donors (Lipinski definition) is 0. The number of nitriles is 1. The maximum Gasteiger partial charge on any atom is 0.263 e. The van der Waals surface area contributed by atoms with Gasteiger partial charge in [-0.05, 0) is 95.0 Å². The van der Waals surface area contributed by atoms with Crippen molar-refractivity contribution in [3.63, 3.8) is 0 Å². The highest BCUT2D eigenvalue weighted by atomic mass is 28.4. The molecule has 40 heavy (non-hydrogen) atoms. The van der Waals surface area contributed by atoms with Crippen LogP contribution in [0.5, 0.6) is 5.75 Å². The molecule has 0 unspecified atom stereocenters. The zero-order valence-corrected chi connectivity index (χ0v) is 25.7. The van der Waals surface area contributed by atoms with Crippen LogP contribution in [0.4, 0.5) is 0 Å². The van der Waals surface area contributed by atoms with Crippen LogP contribution < -0.4 is 15.1 Å². The Morgan fingerprint density at radius 1 is 0.875 bits per heavy atom. The van der Waals surface area contributed by atoms with Crippen molar-refractivity contribution in [1.29, 1.82) is 5.26 Å². The minimum Gasteiger partial charge on any atom is -0.497 e. The standard InChI is InChI=1S/C36H43NO2Si/c1-34(2,3)40(28-12-8-6-9-13-28,29-14-10-7-11-15-29)39-36(25-37)23-21-33-32-18-16-26-24-27(38-5)17-19-30(26)31(32)20-22-35(33,36)4/h6-15,17,19,24,31-33H,16,18,20-23H2,1-5H3/t31-,32-,33+,35+,36-/m1/s1. The smallest absolute Gasteiger partial charge is 0.263 e. The lowest BCUT2D eigenvalue weighted by Gasteiger charge is -2.56. The van der Waals surface area contributed by atoms with Gasteiger partial charge >= 0.3 is 0 Å². The molecule has 3 aromatic rings. The lowest BCUT2D eigenvalue weighted by Crippen LogP contribution is -2.71. The van der Waals surface area contributed by atoms with E-state index in [9.17, 15) is 5.26 Å². The summed E-state index contributed by atoms with van der Waals surface area (Å²) in [6.07, 6.45) is 6.30. The fourth-order valence-electron chi connectivity index (χ4n) is 8.97. The quantitative estimate of drug-likeness (QED) is 0.312. The van der Waals surface area contributed by atoms with Crippen molar-refractivity contribution < 1.29 is 9.16 Å². The van der Waals surface area contributed by atoms with E-state index in [1.54, 1.807) is 7.11 Å². The molecule has 0 bridgehead atoms. The summed E-state index contributed by atoms with van der Waals surface area (Å²) in [5.74, 6) is 2.60. The van der Waals surface area contributed by atoms with Crippen LogP contribution in [0, 0.1) is 28.6 Å². The van der Waals surface area contributed by atoms with Crippen molar-refractivity contribution in [2.45, 2.75) is 82.8 Å². The van der Waals surface area contributed by atoms with Gasteiger partial charge in [-0.15, -0.1) is 0 Å². The van der Waals surface area contributed by atoms with Gasteiger partial charge in [0.15, 0.2) is 0 Å². The fraction of sp³-hybridized carbons (Fsp3) is 0.472. The molecule has 0 radical (unpaired) electrons. The van der Waals surface area contributed by atoms with Crippen molar-refractivity contribution >= 4 is 18.7 Å². The van der Waals surface area contributed by atoms with Crippen LogP contribution >= 0.6 is 0 Å². The molecule has 4 heteroatoms. The molecule has 3 aliphatic carbocycles. The van der Waals surface area contributed by atoms with Gasteiger partial charge in [0.2, 0.25) is 0 Å². The van der Waals surface area contributed by atoms with Gasteiger partial charge in [0.05, 0.1) is 13.2 Å². The number of benzene rings is 3. The van der Waals surface area contributed by atoms with Gasteiger partial charge in [0.25, 0.3) is 8.32 Å². The predicted molar refractivity (Wildman–Crippen MR) is 165 cm³/mol. The summed E-state index contributed by atoms with van der Waals surface area (Å²) >= 11 is 0. The van der Waals surface area contributed by atoms with Crippen LogP contribution in [-0.4, -0.2) is 21.0 Å². The predicted octanol–water partition coefficient (Wildman–Crippen LogP) is 7.39. The Kier molecular flexibility index (Phi) is 6.75. The van der Waals surface area contributed by atoms with Gasteiger partial charge in [-0.1, -0.05) is 94.4 Å². The van der Waals surface area contributed by atoms with Crippen molar-refractivity contribution in [1.82, 2.24) is 0 Å². The SMILES string of the molecule is COc1ccc2c(c1)CC[C@@H]1[C@@H]2CC[C@@]2(C)[C@H]1CC[C@]2(C#N)O[Si](c1ccccc1)(c1ccccc1)C(C)(C)C. The van der Waals surface area contributed by atoms with Gasteiger partial charge in [-0.2, -0.15) is 5.26 Å². The van der Waals surface area contributed by atoms with Gasteiger partial charge < -0.3 is 9.16 Å². The second-order valence-electron chi connectivity index (χ2n) is 13.7. The maximum atomic E-state index is 11.2. The molecular formula is C36H43NO2Si. The Bertz CT molecular complexity index is 1370. The first-order chi connectivity index (χ1) is 19.2. The topological polar surface area (TPSA) is 42.2 Å². The summed E-state index contributed by atoms with van der Waals surface area (Å²) in [4.78, 5) is 0. The number of methoxy groups -OCH3 is 1. The summed E-state index contributed by atoms with van der Waals surface area (Å²) in [5.41, 5.74) is 1.98. The summed E-state index contributed by atoms with van der Waals surface area (Å²) in [5, 5.41) is 13.5. The first-order valence-corrected chi connectivity index (χ1v) is 17.0. The Labute approximate surface area is 241 Å². The molecule has 0 spiro atoms. The van der Waals surface area contributed by atoms with Gasteiger partial charge in [-0.25, -0.2) is 0 Å². The van der Waals surface area contributed by atoms with E-state index in [4.69, 9.17) is 9.16 Å². The van der Waals surface area contributed by atoms with Gasteiger partial charge in [0.1, 0.15) is 11.4 Å². The first kappa shape index (κ1) is 27.3. The summed E-state index contributed by atoms with van der Waals surface area (Å²) in [6, 6.07) is 31.3. The molecule has 3 nitrogen and oxygen atoms in total. The average molecular weight is 550 g/mol. The molecule has 3 aromatic carbocycles. The van der Waals surface area contributed by atoms with E-state index in [1.165, 1.54) is 27.9 Å². The first-order valence-electron chi connectivity index (χ1n) is 15.1. The molecule has 2 fully saturated rings. The monoisotopic (exact) mass is 549 g/mol. The molecule has 0 N–H and O–H groups in total. The number of nitrogens with zero attached hydrogens (tertiary/aromatic N) is 1. The lowest BCUT2D eigenvalue weighted by molar-refractivity contribution is -0.0558. The second-order valence-corrected chi connectivity index (χ2v) is 17.9. The largest absolute Gasteiger partial charge is 0.497 e. The van der Waals surface area contributed by atoms with Gasteiger partial charge in [-0.3, -0.25) is 0 Å². The van der Waals surface area contributed by atoms with Crippen molar-refractivity contribution in [2.24, 2.45) is 17.3 Å². The van der Waals surface area contributed by atoms with Gasteiger partial charge in [0, 0.05) is 5.41 Å². The molecule has 2 saturated carbocycles. The third-order valence-corrected chi connectivity index (χ3v) is 16.0. The third kappa shape index (κ3) is 3.92. The summed E-state index contributed by atoms with van der Waals surface area (Å²) < 4.78 is 13.3. The Balaban J connectivity index is 1.44. The van der Waals surface area contributed by atoms with Crippen LogP contribution in [0.1, 0.15) is 76.8 Å². The Hall–Kier alpha value is -2.87. The molecule has 3 aliphatic rings. The van der Waals surface area contributed by atoms with E-state index in [0.717, 1.165) is 37.9 Å². The normalized spacial score (nSPS) is 29.6. The van der Waals surface area contributed by atoms with Crippen molar-refractivity contribution in [3.8, 4) is 11.8 Å². The molecule has 0 aliphatic heterocycles. The molecule has 208 valence electrons. The van der Waals surface area contributed by atoms with E-state index >= 15 is 0 Å². The molecule has 0 aromatic heterocycles. The molecule has 5 atom stereocenters. The molecule has 0 amide bonds. The minimum atomic E-state index is -2.88. The van der Waals surface area contributed by atoms with Crippen molar-refractivity contribution in [2.75, 3.05) is 7.11 Å². The zero-order valence-electron chi connectivity index (χ0n) is 24.7. The van der Waals surface area contributed by atoms with Crippen LogP contribution in [0.15, 0.2) is 78.9 Å². The third-order valence-electron chi connectivity index (χ3n) is 11.0. The highest BCUT2D eigenvalue weighted by molar-refractivity contribution is 6.99.